The van der Waals surface area contributed by atoms with Gasteiger partial charge in [-0.1, -0.05) is 79.5 Å². The van der Waals surface area contributed by atoms with Crippen LogP contribution in [0.2, 0.25) is 5.02 Å². The molecule has 7 nitrogen and oxygen atoms in total. The molecule has 0 aliphatic rings. The smallest absolute Gasteiger partial charge is 0.264 e. The highest BCUT2D eigenvalue weighted by molar-refractivity contribution is 7.92. The van der Waals surface area contributed by atoms with Crippen LogP contribution in [0.4, 0.5) is 5.69 Å². The number of unbranched alkanes of at least 4 members (excludes halogenated alkanes) is 1. The Balaban J connectivity index is 1.97. The van der Waals surface area contributed by atoms with Gasteiger partial charge in [-0.3, -0.25) is 13.9 Å². The predicted molar refractivity (Wildman–Crippen MR) is 156 cm³/mol. The molecule has 3 rings (SSSR count). The van der Waals surface area contributed by atoms with Crippen molar-refractivity contribution in [3.8, 4) is 0 Å². The van der Waals surface area contributed by atoms with Gasteiger partial charge in [0.05, 0.1) is 10.6 Å². The van der Waals surface area contributed by atoms with Crippen LogP contribution in [-0.4, -0.2) is 50.8 Å². The van der Waals surface area contributed by atoms with Crippen LogP contribution in [0.15, 0.2) is 83.8 Å². The van der Waals surface area contributed by atoms with E-state index >= 15 is 0 Å². The highest BCUT2D eigenvalue weighted by Crippen LogP contribution is 2.31. The third-order valence-electron chi connectivity index (χ3n) is 6.60. The van der Waals surface area contributed by atoms with Crippen molar-refractivity contribution in [3.63, 3.8) is 0 Å². The molecule has 2 amide bonds. The standard InChI is InChI=1S/C30H36ClN3O4S/c1-4-5-20-32-30(36)24(3)33(21-19-25-13-8-6-9-14-25)29(35)22-34(28-18-12-17-27(31)23(28)2)39(37,38)26-15-10-7-11-16-26/h6-18,24H,4-5,19-22H2,1-3H3,(H,32,36)/t24-/m0/s1. The zero-order chi connectivity index (χ0) is 28.4. The molecule has 1 atom stereocenters. The molecule has 0 aliphatic carbocycles. The Kier molecular flexibility index (Phi) is 10.9. The molecule has 0 aliphatic heterocycles. The van der Waals surface area contributed by atoms with E-state index in [0.717, 1.165) is 22.7 Å². The monoisotopic (exact) mass is 569 g/mol. The minimum atomic E-state index is -4.13. The first kappa shape index (κ1) is 30.2. The molecule has 0 bridgehead atoms. The Morgan fingerprint density at radius 3 is 2.23 bits per heavy atom. The zero-order valence-corrected chi connectivity index (χ0v) is 24.2. The Morgan fingerprint density at radius 2 is 1.59 bits per heavy atom. The van der Waals surface area contributed by atoms with Gasteiger partial charge >= 0.3 is 0 Å². The highest BCUT2D eigenvalue weighted by atomic mass is 35.5. The fourth-order valence-electron chi connectivity index (χ4n) is 4.21. The number of nitrogens with zero attached hydrogens (tertiary/aromatic N) is 2. The van der Waals surface area contributed by atoms with Crippen LogP contribution < -0.4 is 9.62 Å². The molecule has 3 aromatic rings. The summed E-state index contributed by atoms with van der Waals surface area (Å²) in [6.07, 6.45) is 2.27. The average molecular weight is 570 g/mol. The Labute approximate surface area is 236 Å². The van der Waals surface area contributed by atoms with Crippen molar-refractivity contribution in [3.05, 3.63) is 95.0 Å². The molecule has 0 unspecified atom stereocenters. The molecule has 208 valence electrons. The second kappa shape index (κ2) is 14.1. The van der Waals surface area contributed by atoms with E-state index in [-0.39, 0.29) is 17.3 Å². The number of hydrogen-bond acceptors (Lipinski definition) is 4. The van der Waals surface area contributed by atoms with E-state index in [1.165, 1.54) is 17.0 Å². The maximum absolute atomic E-state index is 13.9. The Hall–Kier alpha value is -3.36. The molecule has 0 radical (unpaired) electrons. The summed E-state index contributed by atoms with van der Waals surface area (Å²) < 4.78 is 28.8. The molecule has 0 heterocycles. The lowest BCUT2D eigenvalue weighted by molar-refractivity contribution is -0.138. The molecule has 0 fully saturated rings. The van der Waals surface area contributed by atoms with Gasteiger partial charge in [-0.15, -0.1) is 0 Å². The fourth-order valence-corrected chi connectivity index (χ4v) is 5.87. The lowest BCUT2D eigenvalue weighted by Crippen LogP contribution is -2.52. The minimum Gasteiger partial charge on any atom is -0.354 e. The van der Waals surface area contributed by atoms with E-state index in [4.69, 9.17) is 11.6 Å². The van der Waals surface area contributed by atoms with Gasteiger partial charge in [-0.05, 0) is 62.1 Å². The first-order valence-electron chi connectivity index (χ1n) is 13.1. The van der Waals surface area contributed by atoms with E-state index in [0.29, 0.717) is 29.2 Å². The normalized spacial score (nSPS) is 12.0. The molecule has 1 N–H and O–H groups in total. The second-order valence-electron chi connectivity index (χ2n) is 9.35. The Morgan fingerprint density at radius 1 is 0.949 bits per heavy atom. The molecule has 0 saturated carbocycles. The number of halogens is 1. The van der Waals surface area contributed by atoms with Gasteiger partial charge in [0.2, 0.25) is 11.8 Å². The predicted octanol–water partition coefficient (Wildman–Crippen LogP) is 5.22. The fraction of sp³-hybridized carbons (Fsp3) is 0.333. The van der Waals surface area contributed by atoms with Gasteiger partial charge in [0, 0.05) is 18.1 Å². The molecule has 3 aromatic carbocycles. The molecular weight excluding hydrogens is 534 g/mol. The van der Waals surface area contributed by atoms with Gasteiger partial charge in [0.15, 0.2) is 0 Å². The number of nitrogens with one attached hydrogen (secondary N) is 1. The van der Waals surface area contributed by atoms with Crippen molar-refractivity contribution in [2.24, 2.45) is 0 Å². The third kappa shape index (κ3) is 7.83. The molecule has 0 spiro atoms. The van der Waals surface area contributed by atoms with E-state index in [1.807, 2.05) is 37.3 Å². The number of anilines is 1. The lowest BCUT2D eigenvalue weighted by Gasteiger charge is -2.32. The minimum absolute atomic E-state index is 0.0540. The third-order valence-corrected chi connectivity index (χ3v) is 8.78. The number of hydrogen-bond donors (Lipinski definition) is 1. The van der Waals surface area contributed by atoms with Crippen molar-refractivity contribution in [1.29, 1.82) is 0 Å². The van der Waals surface area contributed by atoms with Crippen LogP contribution in [0.5, 0.6) is 0 Å². The van der Waals surface area contributed by atoms with Crippen molar-refractivity contribution in [2.75, 3.05) is 23.9 Å². The van der Waals surface area contributed by atoms with Crippen LogP contribution in [-0.2, 0) is 26.0 Å². The van der Waals surface area contributed by atoms with E-state index in [2.05, 4.69) is 5.32 Å². The van der Waals surface area contributed by atoms with E-state index < -0.39 is 28.5 Å². The number of amides is 2. The van der Waals surface area contributed by atoms with Gasteiger partial charge in [0.1, 0.15) is 12.6 Å². The molecule has 0 aromatic heterocycles. The van der Waals surface area contributed by atoms with Crippen LogP contribution in [0, 0.1) is 6.92 Å². The van der Waals surface area contributed by atoms with Crippen LogP contribution in [0.25, 0.3) is 0 Å². The summed E-state index contributed by atoms with van der Waals surface area (Å²) in [5, 5.41) is 3.28. The lowest BCUT2D eigenvalue weighted by atomic mass is 10.1. The topological polar surface area (TPSA) is 86.8 Å². The zero-order valence-electron chi connectivity index (χ0n) is 22.6. The summed E-state index contributed by atoms with van der Waals surface area (Å²) in [5.74, 6) is -0.760. The number of sulfonamides is 1. The number of carbonyl (C=O) groups excluding carboxylic acids is 2. The first-order chi connectivity index (χ1) is 18.7. The second-order valence-corrected chi connectivity index (χ2v) is 11.6. The van der Waals surface area contributed by atoms with Gasteiger partial charge in [-0.2, -0.15) is 0 Å². The van der Waals surface area contributed by atoms with Crippen molar-refractivity contribution in [1.82, 2.24) is 10.2 Å². The van der Waals surface area contributed by atoms with E-state index in [9.17, 15) is 18.0 Å². The van der Waals surface area contributed by atoms with Crippen molar-refractivity contribution < 1.29 is 18.0 Å². The summed E-state index contributed by atoms with van der Waals surface area (Å²) >= 11 is 6.35. The van der Waals surface area contributed by atoms with Gasteiger partial charge < -0.3 is 10.2 Å². The van der Waals surface area contributed by atoms with Crippen LogP contribution >= 0.6 is 11.6 Å². The SMILES string of the molecule is CCCCNC(=O)[C@H](C)N(CCc1ccccc1)C(=O)CN(c1cccc(Cl)c1C)S(=O)(=O)c1ccccc1. The maximum Gasteiger partial charge on any atom is 0.264 e. The number of benzene rings is 3. The van der Waals surface area contributed by atoms with Gasteiger partial charge in [0.25, 0.3) is 10.0 Å². The quantitative estimate of drug-likeness (QED) is 0.286. The van der Waals surface area contributed by atoms with Crippen LogP contribution in [0.1, 0.15) is 37.8 Å². The molecular formula is C30H36ClN3O4S. The summed E-state index contributed by atoms with van der Waals surface area (Å²) in [7, 11) is -4.13. The first-order valence-corrected chi connectivity index (χ1v) is 14.9. The number of rotatable bonds is 13. The van der Waals surface area contributed by atoms with Gasteiger partial charge in [-0.25, -0.2) is 8.42 Å². The summed E-state index contributed by atoms with van der Waals surface area (Å²) in [6.45, 7) is 5.69. The highest BCUT2D eigenvalue weighted by Gasteiger charge is 2.33. The largest absolute Gasteiger partial charge is 0.354 e. The van der Waals surface area contributed by atoms with Crippen molar-refractivity contribution >= 4 is 39.1 Å². The maximum atomic E-state index is 13.9. The summed E-state index contributed by atoms with van der Waals surface area (Å²) in [6, 6.07) is 21.8. The molecule has 9 heteroatoms. The van der Waals surface area contributed by atoms with Crippen molar-refractivity contribution in [2.45, 2.75) is 51.0 Å². The average Bonchev–Trinajstić information content (AvgIpc) is 2.94. The van der Waals surface area contributed by atoms with Crippen LogP contribution in [0.3, 0.4) is 0 Å². The Bertz CT molecular complexity index is 1350. The number of carbonyl (C=O) groups is 2. The van der Waals surface area contributed by atoms with E-state index in [1.54, 1.807) is 50.2 Å². The molecule has 0 saturated heterocycles. The summed E-state index contributed by atoms with van der Waals surface area (Å²) in [5.41, 5.74) is 1.85. The molecule has 39 heavy (non-hydrogen) atoms. The summed E-state index contributed by atoms with van der Waals surface area (Å²) in [4.78, 5) is 28.4.